The third-order valence-electron chi connectivity index (χ3n) is 5.10. The molecule has 2 unspecified atom stereocenters. The second-order valence-corrected chi connectivity index (χ2v) is 9.70. The summed E-state index contributed by atoms with van der Waals surface area (Å²) in [6, 6.07) is 7.89. The van der Waals surface area contributed by atoms with E-state index in [1.54, 1.807) is 22.7 Å². The second-order valence-electron chi connectivity index (χ2n) is 7.40. The monoisotopic (exact) mass is 505 g/mol. The van der Waals surface area contributed by atoms with Crippen LogP contribution in [0.1, 0.15) is 19.3 Å². The number of aromatic nitrogens is 3. The van der Waals surface area contributed by atoms with Gasteiger partial charge in [-0.25, -0.2) is 14.3 Å². The highest BCUT2D eigenvalue weighted by Crippen LogP contribution is 2.38. The molecule has 1 aromatic carbocycles. The third kappa shape index (κ3) is 5.73. The van der Waals surface area contributed by atoms with E-state index in [9.17, 15) is 17.4 Å². The summed E-state index contributed by atoms with van der Waals surface area (Å²) in [6.45, 7) is 0.318. The van der Waals surface area contributed by atoms with E-state index < -0.39 is 16.8 Å². The van der Waals surface area contributed by atoms with Crippen LogP contribution in [0.25, 0.3) is 16.9 Å². The normalized spacial score (nSPS) is 20.0. The van der Waals surface area contributed by atoms with Crippen molar-refractivity contribution in [1.29, 1.82) is 0 Å². The fourth-order valence-corrected chi connectivity index (χ4v) is 4.86. The van der Waals surface area contributed by atoms with E-state index in [0.717, 1.165) is 19.3 Å². The van der Waals surface area contributed by atoms with E-state index in [1.165, 1.54) is 18.3 Å². The Hall–Kier alpha value is -1.86. The molecule has 1 fully saturated rings. The Morgan fingerprint density at radius 2 is 2.16 bits per heavy atom. The number of halogens is 4. The van der Waals surface area contributed by atoms with Crippen molar-refractivity contribution >= 4 is 46.1 Å². The molecule has 7 nitrogen and oxygen atoms in total. The number of alkyl halides is 3. The number of hydrogen-bond donors (Lipinski definition) is 2. The number of nitrogens with two attached hydrogens (primary N) is 1. The topological polar surface area (TPSA) is 94.5 Å². The minimum absolute atomic E-state index is 0.0778. The zero-order valence-corrected chi connectivity index (χ0v) is 18.9. The van der Waals surface area contributed by atoms with Gasteiger partial charge in [0.05, 0.1) is 18.5 Å². The summed E-state index contributed by atoms with van der Waals surface area (Å²) in [5, 5.41) is 13.4. The maximum Gasteiger partial charge on any atom is 0.446 e. The molecule has 0 bridgehead atoms. The lowest BCUT2D eigenvalue weighted by Crippen LogP contribution is -2.20. The molecule has 32 heavy (non-hydrogen) atoms. The van der Waals surface area contributed by atoms with E-state index in [0.29, 0.717) is 34.4 Å². The molecular weight excluding hydrogens is 487 g/mol. The molecule has 3 aromatic rings. The molecule has 0 radical (unpaired) electrons. The SMILES string of the molecule is NS(=O)OC[C@@H]1CCC(Nc2c(Cl)cnc3cc(-c4cccc(SC(F)(F)F)c4)nn23)C1. The summed E-state index contributed by atoms with van der Waals surface area (Å²) >= 11 is 4.42. The third-order valence-corrected chi connectivity index (χ3v) is 6.47. The highest BCUT2D eigenvalue weighted by molar-refractivity contribution is 8.00. The summed E-state index contributed by atoms with van der Waals surface area (Å²) in [5.41, 5.74) is -2.83. The number of fused-ring (bicyclic) bond motifs is 1. The molecule has 13 heteroatoms. The van der Waals surface area contributed by atoms with Crippen LogP contribution in [0.15, 0.2) is 41.4 Å². The first-order valence-corrected chi connectivity index (χ1v) is 12.0. The molecule has 3 atom stereocenters. The molecule has 1 aliphatic rings. The van der Waals surface area contributed by atoms with Crippen LogP contribution in [0.5, 0.6) is 0 Å². The largest absolute Gasteiger partial charge is 0.446 e. The first-order valence-electron chi connectivity index (χ1n) is 9.64. The van der Waals surface area contributed by atoms with E-state index >= 15 is 0 Å². The molecule has 0 saturated heterocycles. The van der Waals surface area contributed by atoms with Crippen molar-refractivity contribution in [3.63, 3.8) is 0 Å². The average molecular weight is 506 g/mol. The number of benzene rings is 1. The number of hydrogen-bond acceptors (Lipinski definition) is 6. The smallest absolute Gasteiger partial charge is 0.366 e. The Bertz CT molecular complexity index is 1140. The van der Waals surface area contributed by atoms with E-state index in [-0.39, 0.29) is 28.6 Å². The van der Waals surface area contributed by atoms with Crippen LogP contribution in [0, 0.1) is 5.92 Å². The van der Waals surface area contributed by atoms with Crippen molar-refractivity contribution in [3.8, 4) is 11.3 Å². The Kier molecular flexibility index (Phi) is 6.96. The standard InChI is InChI=1S/C19H19ClF3N5O2S2/c20-15-9-25-17-8-16(12-2-1-3-14(7-12)31-19(21,22)23)27-28(17)18(15)26-13-5-4-11(6-13)10-30-32(24)29/h1-3,7-9,11,13,26H,4-6,10,24H2/t11-,13?,32?/m1/s1. The van der Waals surface area contributed by atoms with Crippen LogP contribution in [0.4, 0.5) is 19.0 Å². The van der Waals surface area contributed by atoms with E-state index in [1.807, 2.05) is 0 Å². The summed E-state index contributed by atoms with van der Waals surface area (Å²) < 4.78 is 55.7. The van der Waals surface area contributed by atoms with Gasteiger partial charge in [0.15, 0.2) is 11.5 Å². The summed E-state index contributed by atoms with van der Waals surface area (Å²) in [7, 11) is 0. The lowest BCUT2D eigenvalue weighted by Gasteiger charge is -2.16. The fraction of sp³-hybridized carbons (Fsp3) is 0.368. The fourth-order valence-electron chi connectivity index (χ4n) is 3.75. The lowest BCUT2D eigenvalue weighted by atomic mass is 10.1. The van der Waals surface area contributed by atoms with Gasteiger partial charge in [-0.1, -0.05) is 23.7 Å². The zero-order valence-electron chi connectivity index (χ0n) is 16.5. The lowest BCUT2D eigenvalue weighted by molar-refractivity contribution is -0.0328. The number of rotatable bonds is 7. The first kappa shape index (κ1) is 23.3. The van der Waals surface area contributed by atoms with E-state index in [2.05, 4.69) is 15.4 Å². The van der Waals surface area contributed by atoms with Crippen molar-refractivity contribution in [2.75, 3.05) is 11.9 Å². The highest BCUT2D eigenvalue weighted by Gasteiger charge is 2.29. The Morgan fingerprint density at radius 1 is 1.34 bits per heavy atom. The van der Waals surface area contributed by atoms with Gasteiger partial charge >= 0.3 is 5.51 Å². The van der Waals surface area contributed by atoms with Gasteiger partial charge < -0.3 is 5.32 Å². The number of nitrogens with one attached hydrogen (secondary N) is 1. The van der Waals surface area contributed by atoms with Gasteiger partial charge in [-0.15, -0.1) is 0 Å². The molecule has 3 N–H and O–H groups in total. The van der Waals surface area contributed by atoms with Crippen molar-refractivity contribution in [2.45, 2.75) is 35.7 Å². The molecule has 0 aliphatic heterocycles. The number of thioether (sulfide) groups is 1. The van der Waals surface area contributed by atoms with Crippen molar-refractivity contribution in [1.82, 2.24) is 14.6 Å². The van der Waals surface area contributed by atoms with Gasteiger partial charge in [0.2, 0.25) is 11.3 Å². The van der Waals surface area contributed by atoms with Gasteiger partial charge in [-0.3, -0.25) is 4.18 Å². The molecule has 1 saturated carbocycles. The van der Waals surface area contributed by atoms with Crippen molar-refractivity contribution in [2.24, 2.45) is 11.1 Å². The first-order chi connectivity index (χ1) is 15.2. The van der Waals surface area contributed by atoms with Crippen LogP contribution < -0.4 is 10.5 Å². The van der Waals surface area contributed by atoms with Crippen LogP contribution in [-0.2, 0) is 15.4 Å². The Morgan fingerprint density at radius 3 is 2.91 bits per heavy atom. The quantitative estimate of drug-likeness (QED) is 0.448. The number of nitrogens with zero attached hydrogens (tertiary/aromatic N) is 3. The Balaban J connectivity index is 1.56. The van der Waals surface area contributed by atoms with E-state index in [4.69, 9.17) is 20.9 Å². The van der Waals surface area contributed by atoms with Gasteiger partial charge in [-0.2, -0.15) is 22.8 Å². The molecule has 1 aliphatic carbocycles. The maximum atomic E-state index is 12.7. The van der Waals surface area contributed by atoms with Gasteiger partial charge in [-0.05, 0) is 49.1 Å². The van der Waals surface area contributed by atoms with Crippen molar-refractivity contribution < 1.29 is 21.6 Å². The summed E-state index contributed by atoms with van der Waals surface area (Å²) in [6.07, 6.45) is 4.03. The van der Waals surface area contributed by atoms with Crippen molar-refractivity contribution in [3.05, 3.63) is 41.6 Å². The molecule has 172 valence electrons. The van der Waals surface area contributed by atoms with Gasteiger partial charge in [0.25, 0.3) is 0 Å². The highest BCUT2D eigenvalue weighted by atomic mass is 35.5. The Labute approximate surface area is 193 Å². The minimum Gasteiger partial charge on any atom is -0.366 e. The molecule has 2 aromatic heterocycles. The van der Waals surface area contributed by atoms with Crippen LogP contribution in [0.3, 0.4) is 0 Å². The van der Waals surface area contributed by atoms with Gasteiger partial charge in [0, 0.05) is 22.6 Å². The molecule has 4 rings (SSSR count). The molecular formula is C19H19ClF3N5O2S2. The molecule has 2 heterocycles. The molecule has 0 spiro atoms. The predicted octanol–water partition coefficient (Wildman–Crippen LogP) is 4.80. The van der Waals surface area contributed by atoms with Crippen LogP contribution in [-0.4, -0.2) is 37.0 Å². The zero-order chi connectivity index (χ0) is 22.9. The molecule has 0 amide bonds. The average Bonchev–Trinajstić information content (AvgIpc) is 3.34. The second kappa shape index (κ2) is 9.56. The minimum atomic E-state index is -4.37. The maximum absolute atomic E-state index is 12.7. The predicted molar refractivity (Wildman–Crippen MR) is 118 cm³/mol. The van der Waals surface area contributed by atoms with Crippen LogP contribution >= 0.6 is 23.4 Å². The van der Waals surface area contributed by atoms with Gasteiger partial charge in [0.1, 0.15) is 5.02 Å². The summed E-state index contributed by atoms with van der Waals surface area (Å²) in [4.78, 5) is 4.36. The van der Waals surface area contributed by atoms with Crippen LogP contribution in [0.2, 0.25) is 5.02 Å². The number of anilines is 1. The summed E-state index contributed by atoms with van der Waals surface area (Å²) in [5.74, 6) is 0.774.